The molecular weight excluding hydrogens is 436 g/mol. The first-order valence-electron chi connectivity index (χ1n) is 12.0. The van der Waals surface area contributed by atoms with Crippen LogP contribution in [0.3, 0.4) is 0 Å². The Balaban J connectivity index is 1.40. The van der Waals surface area contributed by atoms with Gasteiger partial charge in [0.25, 0.3) is 5.89 Å². The van der Waals surface area contributed by atoms with Gasteiger partial charge in [-0.1, -0.05) is 53.7 Å². The molecule has 1 aliphatic carbocycles. The van der Waals surface area contributed by atoms with Gasteiger partial charge in [0.15, 0.2) is 0 Å². The van der Waals surface area contributed by atoms with Gasteiger partial charge in [-0.2, -0.15) is 10.2 Å². The molecule has 2 atom stereocenters. The van der Waals surface area contributed by atoms with E-state index in [-0.39, 0.29) is 18.2 Å². The molecule has 0 saturated heterocycles. The molecule has 6 heteroatoms. The zero-order chi connectivity index (χ0) is 24.4. The number of ether oxygens (including phenoxy) is 1. The van der Waals surface area contributed by atoms with Crippen LogP contribution < -0.4 is 10.1 Å². The molecule has 0 fully saturated rings. The van der Waals surface area contributed by atoms with Gasteiger partial charge >= 0.3 is 0 Å². The molecule has 0 saturated carbocycles. The predicted molar refractivity (Wildman–Crippen MR) is 135 cm³/mol. The minimum Gasteiger partial charge on any atom is -0.490 e. The molecule has 1 N–H and O–H groups in total. The fraction of sp³-hybridized carbons (Fsp3) is 0.276. The van der Waals surface area contributed by atoms with Crippen molar-refractivity contribution in [1.82, 2.24) is 15.5 Å². The monoisotopic (exact) mass is 464 g/mol. The van der Waals surface area contributed by atoms with Crippen molar-refractivity contribution in [2.45, 2.75) is 51.8 Å². The van der Waals surface area contributed by atoms with Crippen molar-refractivity contribution < 1.29 is 9.26 Å². The van der Waals surface area contributed by atoms with E-state index in [9.17, 15) is 5.26 Å². The Bertz CT molecular complexity index is 1370. The van der Waals surface area contributed by atoms with Crippen LogP contribution in [0.25, 0.3) is 22.8 Å². The Morgan fingerprint density at radius 1 is 1.06 bits per heavy atom. The molecule has 35 heavy (non-hydrogen) atoms. The Morgan fingerprint density at radius 3 is 2.66 bits per heavy atom. The second-order valence-corrected chi connectivity index (χ2v) is 9.18. The molecule has 6 nitrogen and oxygen atoms in total. The van der Waals surface area contributed by atoms with Gasteiger partial charge in [-0.3, -0.25) is 0 Å². The summed E-state index contributed by atoms with van der Waals surface area (Å²) in [7, 11) is 0. The topological polar surface area (TPSA) is 84.0 Å². The molecule has 1 heterocycles. The molecule has 0 bridgehead atoms. The molecule has 1 aromatic heterocycles. The summed E-state index contributed by atoms with van der Waals surface area (Å²) in [4.78, 5) is 4.68. The van der Waals surface area contributed by atoms with Crippen molar-refractivity contribution in [2.75, 3.05) is 0 Å². The Kier molecular flexibility index (Phi) is 6.35. The summed E-state index contributed by atoms with van der Waals surface area (Å²) in [5.41, 5.74) is 5.96. The van der Waals surface area contributed by atoms with Crippen LogP contribution in [0.2, 0.25) is 0 Å². The number of nitriles is 1. The van der Waals surface area contributed by atoms with E-state index in [0.717, 1.165) is 18.4 Å². The van der Waals surface area contributed by atoms with Crippen molar-refractivity contribution in [3.63, 3.8) is 0 Å². The van der Waals surface area contributed by atoms with Gasteiger partial charge in [-0.15, -0.1) is 0 Å². The van der Waals surface area contributed by atoms with Crippen molar-refractivity contribution in [2.24, 2.45) is 0 Å². The first-order chi connectivity index (χ1) is 17.0. The molecule has 176 valence electrons. The quantitative estimate of drug-likeness (QED) is 0.341. The number of nitrogens with zero attached hydrogens (tertiary/aromatic N) is 3. The maximum atomic E-state index is 9.55. The van der Waals surface area contributed by atoms with Crippen LogP contribution >= 0.6 is 0 Å². The highest BCUT2D eigenvalue weighted by molar-refractivity contribution is 5.67. The van der Waals surface area contributed by atoms with E-state index in [0.29, 0.717) is 28.6 Å². The van der Waals surface area contributed by atoms with E-state index in [1.165, 1.54) is 16.7 Å². The Morgan fingerprint density at radius 2 is 1.89 bits per heavy atom. The number of fused-ring (bicyclic) bond motifs is 1. The summed E-state index contributed by atoms with van der Waals surface area (Å²) >= 11 is 0. The summed E-state index contributed by atoms with van der Waals surface area (Å²) in [6.07, 6.45) is 1.96. The highest BCUT2D eigenvalue weighted by atomic mass is 16.5. The van der Waals surface area contributed by atoms with Crippen LogP contribution in [-0.2, 0) is 6.42 Å². The average molecular weight is 465 g/mol. The lowest BCUT2D eigenvalue weighted by atomic mass is 10.0. The van der Waals surface area contributed by atoms with Gasteiger partial charge in [0.05, 0.1) is 11.7 Å². The van der Waals surface area contributed by atoms with Crippen LogP contribution in [0.4, 0.5) is 0 Å². The van der Waals surface area contributed by atoms with Crippen LogP contribution in [0.5, 0.6) is 5.75 Å². The third-order valence-electron chi connectivity index (χ3n) is 6.40. The van der Waals surface area contributed by atoms with Crippen molar-refractivity contribution >= 4 is 0 Å². The Hall–Kier alpha value is -3.95. The van der Waals surface area contributed by atoms with Crippen LogP contribution in [0.15, 0.2) is 71.3 Å². The minimum absolute atomic E-state index is 0.0165. The van der Waals surface area contributed by atoms with E-state index in [1.807, 2.05) is 26.0 Å². The molecular formula is C29H28N4O2. The number of hydrogen-bond donors (Lipinski definition) is 1. The maximum Gasteiger partial charge on any atom is 0.258 e. The zero-order valence-corrected chi connectivity index (χ0v) is 20.2. The van der Waals surface area contributed by atoms with E-state index < -0.39 is 0 Å². The van der Waals surface area contributed by atoms with E-state index in [2.05, 4.69) is 70.9 Å². The van der Waals surface area contributed by atoms with Gasteiger partial charge in [0.1, 0.15) is 11.8 Å². The number of hydrogen-bond acceptors (Lipinski definition) is 6. The number of aromatic nitrogens is 2. The van der Waals surface area contributed by atoms with Crippen molar-refractivity contribution in [1.29, 1.82) is 5.26 Å². The number of nitrogens with one attached hydrogen (secondary N) is 1. The van der Waals surface area contributed by atoms with Crippen molar-refractivity contribution in [3.05, 3.63) is 89.0 Å². The van der Waals surface area contributed by atoms with Gasteiger partial charge in [-0.25, -0.2) is 0 Å². The average Bonchev–Trinajstić information content (AvgIpc) is 3.52. The SMILES string of the molecule is CC(C)Oc1ccc(-c2nc(-c3cccc4c3CCC4NC(C)c3ccccc3)no2)cc1C#N. The van der Waals surface area contributed by atoms with Gasteiger partial charge in [-0.05, 0) is 68.5 Å². The first-order valence-corrected chi connectivity index (χ1v) is 12.0. The smallest absolute Gasteiger partial charge is 0.258 e. The zero-order valence-electron chi connectivity index (χ0n) is 20.2. The van der Waals surface area contributed by atoms with Crippen LogP contribution in [-0.4, -0.2) is 16.2 Å². The molecule has 5 rings (SSSR count). The highest BCUT2D eigenvalue weighted by Gasteiger charge is 2.27. The lowest BCUT2D eigenvalue weighted by molar-refractivity contribution is 0.241. The summed E-state index contributed by atoms with van der Waals surface area (Å²) in [6, 6.07) is 24.9. The second-order valence-electron chi connectivity index (χ2n) is 9.18. The molecule has 1 aliphatic rings. The molecule has 0 spiro atoms. The predicted octanol–water partition coefficient (Wildman–Crippen LogP) is 6.40. The van der Waals surface area contributed by atoms with Crippen LogP contribution in [0, 0.1) is 11.3 Å². The fourth-order valence-corrected chi connectivity index (χ4v) is 4.73. The van der Waals surface area contributed by atoms with Gasteiger partial charge in [0, 0.05) is 23.2 Å². The van der Waals surface area contributed by atoms with E-state index in [4.69, 9.17) is 9.26 Å². The number of rotatable bonds is 7. The summed E-state index contributed by atoms with van der Waals surface area (Å²) in [6.45, 7) is 6.07. The molecule has 3 aromatic carbocycles. The largest absolute Gasteiger partial charge is 0.490 e. The first kappa shape index (κ1) is 22.8. The lowest BCUT2D eigenvalue weighted by Gasteiger charge is -2.21. The molecule has 0 aliphatic heterocycles. The van der Waals surface area contributed by atoms with Crippen LogP contribution in [0.1, 0.15) is 61.5 Å². The minimum atomic E-state index is -0.0165. The number of benzene rings is 3. The summed E-state index contributed by atoms with van der Waals surface area (Å²) in [5.74, 6) is 1.50. The second kappa shape index (κ2) is 9.73. The summed E-state index contributed by atoms with van der Waals surface area (Å²) in [5, 5.41) is 17.6. The molecule has 2 unspecified atom stereocenters. The molecule has 4 aromatic rings. The lowest BCUT2D eigenvalue weighted by Crippen LogP contribution is -2.22. The van der Waals surface area contributed by atoms with Crippen molar-refractivity contribution in [3.8, 4) is 34.7 Å². The summed E-state index contributed by atoms with van der Waals surface area (Å²) < 4.78 is 11.3. The standard InChI is InChI=1S/C29H28N4O2/c1-18(2)34-27-15-12-21(16-22(27)17-30)29-32-28(33-35-29)25-11-7-10-24-23(25)13-14-26(24)31-19(3)20-8-5-4-6-9-20/h4-12,15-16,18-19,26,31H,13-14H2,1-3H3. The normalized spacial score (nSPS) is 15.6. The fourth-order valence-electron chi connectivity index (χ4n) is 4.73. The maximum absolute atomic E-state index is 9.55. The molecule has 0 amide bonds. The van der Waals surface area contributed by atoms with E-state index in [1.54, 1.807) is 12.1 Å². The third kappa shape index (κ3) is 4.68. The highest BCUT2D eigenvalue weighted by Crippen LogP contribution is 2.38. The molecule has 0 radical (unpaired) electrons. The van der Waals surface area contributed by atoms with E-state index >= 15 is 0 Å². The Labute approximate surface area is 205 Å². The third-order valence-corrected chi connectivity index (χ3v) is 6.40. The van der Waals surface area contributed by atoms with Gasteiger partial charge < -0.3 is 14.6 Å². The van der Waals surface area contributed by atoms with Gasteiger partial charge in [0.2, 0.25) is 5.82 Å².